The first-order valence-electron chi connectivity index (χ1n) is 11.7. The van der Waals surface area contributed by atoms with E-state index in [0.717, 1.165) is 37.5 Å². The summed E-state index contributed by atoms with van der Waals surface area (Å²) in [5.41, 5.74) is 0. The van der Waals surface area contributed by atoms with Crippen LogP contribution in [0.5, 0.6) is 11.5 Å². The van der Waals surface area contributed by atoms with Gasteiger partial charge in [-0.15, -0.1) is 0 Å². The van der Waals surface area contributed by atoms with E-state index in [9.17, 15) is 30.7 Å². The summed E-state index contributed by atoms with van der Waals surface area (Å²) in [6.45, 7) is 0.382. The van der Waals surface area contributed by atoms with Crippen LogP contribution in [0.4, 0.5) is 30.7 Å². The second kappa shape index (κ2) is 10.7. The van der Waals surface area contributed by atoms with Crippen LogP contribution in [0.2, 0.25) is 0 Å². The molecular weight excluding hydrogens is 453 g/mol. The average molecular weight is 484 g/mol. The molecular formula is C24H31F7O2. The molecule has 3 rings (SSSR count). The highest BCUT2D eigenvalue weighted by Crippen LogP contribution is 2.43. The Hall–Kier alpha value is -1.67. The van der Waals surface area contributed by atoms with Gasteiger partial charge in [-0.1, -0.05) is 32.6 Å². The quantitative estimate of drug-likeness (QED) is 0.346. The lowest BCUT2D eigenvalue weighted by Gasteiger charge is -2.37. The highest BCUT2D eigenvalue weighted by molar-refractivity contribution is 5.35. The summed E-state index contributed by atoms with van der Waals surface area (Å²) in [6, 6.07) is 0.803. The summed E-state index contributed by atoms with van der Waals surface area (Å²) in [4.78, 5) is 0. The van der Waals surface area contributed by atoms with Crippen LogP contribution in [0.3, 0.4) is 0 Å². The molecule has 2 aliphatic rings. The SMILES string of the molecule is CC1CCC(C2CCC(CCC(F)(F)Oc3cc(F)c(OCC(F)(F)F)c(F)c3)CC2)CC1. The molecule has 0 amide bonds. The smallest absolute Gasteiger partial charge is 0.422 e. The molecule has 1 aromatic rings. The Kier molecular flexibility index (Phi) is 8.43. The van der Waals surface area contributed by atoms with E-state index in [4.69, 9.17) is 0 Å². The Morgan fingerprint density at radius 1 is 0.818 bits per heavy atom. The topological polar surface area (TPSA) is 18.5 Å². The van der Waals surface area contributed by atoms with Gasteiger partial charge in [0.1, 0.15) is 5.75 Å². The zero-order valence-electron chi connectivity index (χ0n) is 18.7. The molecule has 0 saturated heterocycles. The van der Waals surface area contributed by atoms with Crippen molar-refractivity contribution in [2.75, 3.05) is 6.61 Å². The third kappa shape index (κ3) is 7.95. The summed E-state index contributed by atoms with van der Waals surface area (Å²) < 4.78 is 101. The van der Waals surface area contributed by atoms with Crippen LogP contribution in [-0.2, 0) is 0 Å². The molecule has 0 radical (unpaired) electrons. The third-order valence-electron chi connectivity index (χ3n) is 7.08. The van der Waals surface area contributed by atoms with Gasteiger partial charge in [-0.3, -0.25) is 0 Å². The van der Waals surface area contributed by atoms with Gasteiger partial charge < -0.3 is 9.47 Å². The molecule has 0 spiro atoms. The molecule has 0 aromatic heterocycles. The van der Waals surface area contributed by atoms with Gasteiger partial charge >= 0.3 is 12.3 Å². The third-order valence-corrected chi connectivity index (χ3v) is 7.08. The maximum Gasteiger partial charge on any atom is 0.422 e. The van der Waals surface area contributed by atoms with Crippen LogP contribution in [-0.4, -0.2) is 18.9 Å². The molecule has 0 N–H and O–H groups in total. The fourth-order valence-corrected chi connectivity index (χ4v) is 5.19. The lowest BCUT2D eigenvalue weighted by Crippen LogP contribution is -2.28. The van der Waals surface area contributed by atoms with Gasteiger partial charge in [0.2, 0.25) is 0 Å². The molecule has 9 heteroatoms. The molecule has 0 heterocycles. The normalized spacial score (nSPS) is 26.8. The Morgan fingerprint density at radius 3 is 1.85 bits per heavy atom. The van der Waals surface area contributed by atoms with E-state index < -0.39 is 48.4 Å². The summed E-state index contributed by atoms with van der Waals surface area (Å²) in [6.07, 6.45) is 0.123. The lowest BCUT2D eigenvalue weighted by molar-refractivity contribution is -0.183. The van der Waals surface area contributed by atoms with Crippen molar-refractivity contribution in [3.05, 3.63) is 23.8 Å². The van der Waals surface area contributed by atoms with Crippen molar-refractivity contribution in [2.24, 2.45) is 23.7 Å². The van der Waals surface area contributed by atoms with Crippen LogP contribution in [0.1, 0.15) is 71.1 Å². The van der Waals surface area contributed by atoms with Gasteiger partial charge in [0.25, 0.3) is 0 Å². The summed E-state index contributed by atoms with van der Waals surface area (Å²) >= 11 is 0. The second-order valence-corrected chi connectivity index (χ2v) is 9.70. The Labute approximate surface area is 189 Å². The predicted molar refractivity (Wildman–Crippen MR) is 109 cm³/mol. The minimum atomic E-state index is -4.80. The fraction of sp³-hybridized carbons (Fsp3) is 0.750. The van der Waals surface area contributed by atoms with Crippen LogP contribution >= 0.6 is 0 Å². The van der Waals surface area contributed by atoms with Crippen molar-refractivity contribution >= 4 is 0 Å². The Balaban J connectivity index is 1.46. The number of hydrogen-bond donors (Lipinski definition) is 0. The number of halogens is 7. The predicted octanol–water partition coefficient (Wildman–Crippen LogP) is 8.29. The standard InChI is InChI=1S/C24H31F7O2/c1-15-2-6-17(7-3-15)18-8-4-16(5-9-18)10-11-24(30,31)33-19-12-20(25)22(21(26)13-19)32-14-23(27,28)29/h12-13,15-18H,2-11,14H2,1H3. The van der Waals surface area contributed by atoms with Gasteiger partial charge in [0, 0.05) is 12.1 Å². The van der Waals surface area contributed by atoms with Crippen LogP contribution in [0, 0.1) is 35.3 Å². The molecule has 1 aromatic carbocycles. The van der Waals surface area contributed by atoms with Crippen LogP contribution in [0.25, 0.3) is 0 Å². The zero-order valence-corrected chi connectivity index (χ0v) is 18.7. The van der Waals surface area contributed by atoms with Crippen molar-refractivity contribution in [1.29, 1.82) is 0 Å². The van der Waals surface area contributed by atoms with E-state index in [-0.39, 0.29) is 12.3 Å². The van der Waals surface area contributed by atoms with Crippen LogP contribution in [0.15, 0.2) is 12.1 Å². The number of hydrogen-bond acceptors (Lipinski definition) is 2. The molecule has 0 unspecified atom stereocenters. The summed E-state index contributed by atoms with van der Waals surface area (Å²) in [5.74, 6) is -2.79. The van der Waals surface area contributed by atoms with Gasteiger partial charge in [-0.05, 0) is 55.8 Å². The molecule has 0 atom stereocenters. The average Bonchev–Trinajstić information content (AvgIpc) is 2.71. The van der Waals surface area contributed by atoms with Crippen molar-refractivity contribution in [2.45, 2.75) is 83.4 Å². The molecule has 2 fully saturated rings. The van der Waals surface area contributed by atoms with E-state index in [1.54, 1.807) is 0 Å². The molecule has 2 nitrogen and oxygen atoms in total. The summed E-state index contributed by atoms with van der Waals surface area (Å²) in [7, 11) is 0. The minimum Gasteiger partial charge on any atom is -0.478 e. The molecule has 188 valence electrons. The van der Waals surface area contributed by atoms with Crippen molar-refractivity contribution in [3.63, 3.8) is 0 Å². The zero-order chi connectivity index (χ0) is 24.2. The number of rotatable bonds is 8. The van der Waals surface area contributed by atoms with Gasteiger partial charge in [-0.2, -0.15) is 22.0 Å². The second-order valence-electron chi connectivity index (χ2n) is 9.70. The first kappa shape index (κ1) is 25.9. The maximum absolute atomic E-state index is 14.3. The number of alkyl halides is 5. The van der Waals surface area contributed by atoms with E-state index in [1.807, 2.05) is 0 Å². The highest BCUT2D eigenvalue weighted by Gasteiger charge is 2.36. The molecule has 33 heavy (non-hydrogen) atoms. The fourth-order valence-electron chi connectivity index (χ4n) is 5.19. The molecule has 0 bridgehead atoms. The monoisotopic (exact) mass is 484 g/mol. The molecule has 2 aliphatic carbocycles. The highest BCUT2D eigenvalue weighted by atomic mass is 19.4. The van der Waals surface area contributed by atoms with Gasteiger partial charge in [-0.25, -0.2) is 8.78 Å². The first-order chi connectivity index (χ1) is 15.4. The molecule has 2 saturated carbocycles. The first-order valence-corrected chi connectivity index (χ1v) is 11.7. The van der Waals surface area contributed by atoms with E-state index in [2.05, 4.69) is 16.4 Å². The lowest BCUT2D eigenvalue weighted by atomic mass is 9.69. The summed E-state index contributed by atoms with van der Waals surface area (Å²) in [5, 5.41) is 0. The van der Waals surface area contributed by atoms with Gasteiger partial charge in [0.05, 0.1) is 6.42 Å². The Bertz CT molecular complexity index is 742. The molecule has 0 aliphatic heterocycles. The number of ether oxygens (including phenoxy) is 2. The van der Waals surface area contributed by atoms with E-state index >= 15 is 0 Å². The largest absolute Gasteiger partial charge is 0.478 e. The van der Waals surface area contributed by atoms with E-state index in [0.29, 0.717) is 18.1 Å². The Morgan fingerprint density at radius 2 is 1.33 bits per heavy atom. The van der Waals surface area contributed by atoms with Crippen molar-refractivity contribution < 1.29 is 40.2 Å². The minimum absolute atomic E-state index is 0.157. The van der Waals surface area contributed by atoms with E-state index in [1.165, 1.54) is 25.7 Å². The number of benzene rings is 1. The maximum atomic E-state index is 14.3. The van der Waals surface area contributed by atoms with Crippen LogP contribution < -0.4 is 9.47 Å². The van der Waals surface area contributed by atoms with Gasteiger partial charge in [0.15, 0.2) is 24.0 Å². The van der Waals surface area contributed by atoms with Crippen molar-refractivity contribution in [3.8, 4) is 11.5 Å². The van der Waals surface area contributed by atoms with Crippen molar-refractivity contribution in [1.82, 2.24) is 0 Å².